The Morgan fingerprint density at radius 1 is 0.889 bits per heavy atom. The van der Waals surface area contributed by atoms with Gasteiger partial charge in [0.25, 0.3) is 0 Å². The lowest BCUT2D eigenvalue weighted by atomic mass is 9.70. The van der Waals surface area contributed by atoms with E-state index in [2.05, 4.69) is 38.1 Å². The summed E-state index contributed by atoms with van der Waals surface area (Å²) in [5.41, 5.74) is 9.23. The Morgan fingerprint density at radius 2 is 1.36 bits per heavy atom. The third-order valence-electron chi connectivity index (χ3n) is 7.21. The molecule has 2 rings (SSSR count). The van der Waals surface area contributed by atoms with Gasteiger partial charge in [0.1, 0.15) is 24.7 Å². The number of carbonyl (C=O) groups is 1. The number of hydrogen-bond donors (Lipinski definition) is 3. The fourth-order valence-corrected chi connectivity index (χ4v) is 4.45. The van der Waals surface area contributed by atoms with E-state index in [1.807, 2.05) is 46.8 Å². The maximum Gasteiger partial charge on any atom is 0.217 e. The standard InChI is InChI=1S/C30H45NO5/c1-8-30(9-2,23-11-14-26(21(4)17-23)36-19-27(33)29(5,6)7)22-10-13-25(20(3)16-22)35-18-24(32)12-15-28(31)34/h10-11,13-14,16-17,24,27,32-33H,8-9,12,15,18-19H2,1-7H3,(H2,31,34). The van der Waals surface area contributed by atoms with Crippen molar-refractivity contribution in [3.05, 3.63) is 58.7 Å². The Morgan fingerprint density at radius 3 is 1.75 bits per heavy atom. The maximum atomic E-state index is 10.9. The van der Waals surface area contributed by atoms with Crippen molar-refractivity contribution in [3.63, 3.8) is 0 Å². The Bertz CT molecular complexity index is 1010. The molecule has 2 aromatic rings. The minimum atomic E-state index is -0.741. The lowest BCUT2D eigenvalue weighted by Gasteiger charge is -2.34. The topological polar surface area (TPSA) is 102 Å². The number of carbonyl (C=O) groups excluding carboxylic acids is 1. The van der Waals surface area contributed by atoms with Crippen LogP contribution in [-0.2, 0) is 10.2 Å². The molecule has 0 spiro atoms. The third-order valence-corrected chi connectivity index (χ3v) is 7.21. The second-order valence-electron chi connectivity index (χ2n) is 10.9. The van der Waals surface area contributed by atoms with Gasteiger partial charge in [-0.3, -0.25) is 4.79 Å². The van der Waals surface area contributed by atoms with Crippen LogP contribution >= 0.6 is 0 Å². The van der Waals surface area contributed by atoms with Gasteiger partial charge in [0.05, 0.1) is 12.2 Å². The van der Waals surface area contributed by atoms with Crippen LogP contribution < -0.4 is 15.2 Å². The molecule has 0 fully saturated rings. The van der Waals surface area contributed by atoms with Gasteiger partial charge in [0.2, 0.25) is 5.91 Å². The van der Waals surface area contributed by atoms with Gasteiger partial charge in [-0.15, -0.1) is 0 Å². The van der Waals surface area contributed by atoms with Gasteiger partial charge < -0.3 is 25.4 Å². The first-order valence-electron chi connectivity index (χ1n) is 13.0. The van der Waals surface area contributed by atoms with Crippen LogP contribution in [0.3, 0.4) is 0 Å². The van der Waals surface area contributed by atoms with Crippen molar-refractivity contribution in [1.82, 2.24) is 0 Å². The highest BCUT2D eigenvalue weighted by atomic mass is 16.5. The van der Waals surface area contributed by atoms with Crippen molar-refractivity contribution < 1.29 is 24.5 Å². The summed E-state index contributed by atoms with van der Waals surface area (Å²) >= 11 is 0. The molecule has 6 heteroatoms. The van der Waals surface area contributed by atoms with Crippen molar-refractivity contribution >= 4 is 5.91 Å². The van der Waals surface area contributed by atoms with E-state index in [9.17, 15) is 15.0 Å². The average molecular weight is 500 g/mol. The number of amides is 1. The van der Waals surface area contributed by atoms with Crippen LogP contribution in [0.15, 0.2) is 36.4 Å². The van der Waals surface area contributed by atoms with E-state index in [-0.39, 0.29) is 36.9 Å². The summed E-state index contributed by atoms with van der Waals surface area (Å²) in [4.78, 5) is 10.9. The zero-order chi connectivity index (χ0) is 27.1. The van der Waals surface area contributed by atoms with Gasteiger partial charge in [-0.05, 0) is 72.9 Å². The number of ether oxygens (including phenoxy) is 2. The Kier molecular flexibility index (Phi) is 10.4. The Hall–Kier alpha value is -2.57. The molecule has 0 aliphatic rings. The molecule has 0 aliphatic carbocycles. The molecule has 0 radical (unpaired) electrons. The molecule has 0 aliphatic heterocycles. The molecule has 4 N–H and O–H groups in total. The average Bonchev–Trinajstić information content (AvgIpc) is 2.82. The van der Waals surface area contributed by atoms with Crippen LogP contribution in [0.4, 0.5) is 0 Å². The summed E-state index contributed by atoms with van der Waals surface area (Å²) in [5.74, 6) is 1.08. The molecule has 6 nitrogen and oxygen atoms in total. The summed E-state index contributed by atoms with van der Waals surface area (Å²) in [6.07, 6.45) is 0.993. The summed E-state index contributed by atoms with van der Waals surface area (Å²) in [6, 6.07) is 12.6. The largest absolute Gasteiger partial charge is 0.491 e. The molecule has 0 heterocycles. The van der Waals surface area contributed by atoms with Crippen LogP contribution in [0.1, 0.15) is 82.6 Å². The Labute approximate surface area is 216 Å². The molecule has 0 aromatic heterocycles. The molecule has 2 aromatic carbocycles. The van der Waals surface area contributed by atoms with Crippen LogP contribution in [0, 0.1) is 19.3 Å². The number of aliphatic hydroxyl groups is 2. The van der Waals surface area contributed by atoms with Crippen molar-refractivity contribution in [2.75, 3.05) is 13.2 Å². The normalized spacial score (nSPS) is 13.8. The monoisotopic (exact) mass is 499 g/mol. The van der Waals surface area contributed by atoms with Gasteiger partial charge in [-0.2, -0.15) is 0 Å². The first-order chi connectivity index (χ1) is 16.8. The van der Waals surface area contributed by atoms with Gasteiger partial charge in [-0.1, -0.05) is 58.9 Å². The SMILES string of the molecule is CCC(CC)(c1ccc(OCC(O)CCC(N)=O)c(C)c1)c1ccc(OCC(O)C(C)(C)C)c(C)c1. The van der Waals surface area contributed by atoms with Crippen molar-refractivity contribution in [3.8, 4) is 11.5 Å². The fraction of sp³-hybridized carbons (Fsp3) is 0.567. The number of aryl methyl sites for hydroxylation is 2. The van der Waals surface area contributed by atoms with E-state index in [1.54, 1.807) is 0 Å². The molecule has 36 heavy (non-hydrogen) atoms. The first-order valence-corrected chi connectivity index (χ1v) is 13.0. The van der Waals surface area contributed by atoms with E-state index in [1.165, 1.54) is 11.1 Å². The van der Waals surface area contributed by atoms with Crippen LogP contribution in [0.25, 0.3) is 0 Å². The molecule has 2 atom stereocenters. The van der Waals surface area contributed by atoms with E-state index in [0.29, 0.717) is 0 Å². The minimum absolute atomic E-state index is 0.116. The third kappa shape index (κ3) is 7.47. The molecule has 0 saturated carbocycles. The zero-order valence-corrected chi connectivity index (χ0v) is 23.1. The molecule has 1 amide bonds. The predicted octanol–water partition coefficient (Wildman–Crippen LogP) is 5.20. The van der Waals surface area contributed by atoms with Gasteiger partial charge in [-0.25, -0.2) is 0 Å². The van der Waals surface area contributed by atoms with Gasteiger partial charge >= 0.3 is 0 Å². The number of benzene rings is 2. The predicted molar refractivity (Wildman–Crippen MR) is 145 cm³/mol. The van der Waals surface area contributed by atoms with E-state index < -0.39 is 18.1 Å². The van der Waals surface area contributed by atoms with E-state index >= 15 is 0 Å². The summed E-state index contributed by atoms with van der Waals surface area (Å²) in [7, 11) is 0. The van der Waals surface area contributed by atoms with Crippen molar-refractivity contribution in [2.24, 2.45) is 11.1 Å². The molecular weight excluding hydrogens is 454 g/mol. The number of aliphatic hydroxyl groups excluding tert-OH is 2. The number of primary amides is 1. The Balaban J connectivity index is 2.23. The number of hydrogen-bond acceptors (Lipinski definition) is 5. The molecule has 0 saturated heterocycles. The van der Waals surface area contributed by atoms with E-state index in [4.69, 9.17) is 15.2 Å². The molecular formula is C30H45NO5. The first kappa shape index (κ1) is 29.7. The lowest BCUT2D eigenvalue weighted by Crippen LogP contribution is -2.32. The molecule has 0 bridgehead atoms. The molecule has 2 unspecified atom stereocenters. The number of rotatable bonds is 13. The van der Waals surface area contributed by atoms with Gasteiger partial charge in [0, 0.05) is 11.8 Å². The second kappa shape index (κ2) is 12.6. The lowest BCUT2D eigenvalue weighted by molar-refractivity contribution is -0.118. The highest BCUT2D eigenvalue weighted by molar-refractivity contribution is 5.73. The summed E-state index contributed by atoms with van der Waals surface area (Å²) < 4.78 is 11.8. The minimum Gasteiger partial charge on any atom is -0.491 e. The van der Waals surface area contributed by atoms with E-state index in [0.717, 1.165) is 35.5 Å². The van der Waals surface area contributed by atoms with Crippen molar-refractivity contribution in [1.29, 1.82) is 0 Å². The highest BCUT2D eigenvalue weighted by Gasteiger charge is 2.32. The summed E-state index contributed by atoms with van der Waals surface area (Å²) in [5, 5.41) is 20.4. The second-order valence-corrected chi connectivity index (χ2v) is 10.9. The van der Waals surface area contributed by atoms with Gasteiger partial charge in [0.15, 0.2) is 0 Å². The summed E-state index contributed by atoms with van der Waals surface area (Å²) in [6.45, 7) is 14.8. The zero-order valence-electron chi connectivity index (χ0n) is 23.1. The van der Waals surface area contributed by atoms with Crippen LogP contribution in [0.5, 0.6) is 11.5 Å². The smallest absolute Gasteiger partial charge is 0.217 e. The fourth-order valence-electron chi connectivity index (χ4n) is 4.45. The van der Waals surface area contributed by atoms with Crippen LogP contribution in [0.2, 0.25) is 0 Å². The maximum absolute atomic E-state index is 10.9. The number of nitrogens with two attached hydrogens (primary N) is 1. The quantitative estimate of drug-likeness (QED) is 0.352. The van der Waals surface area contributed by atoms with Crippen molar-refractivity contribution in [2.45, 2.75) is 91.8 Å². The van der Waals surface area contributed by atoms with Crippen LogP contribution in [-0.4, -0.2) is 41.5 Å². The highest BCUT2D eigenvalue weighted by Crippen LogP contribution is 2.41. The molecule has 200 valence electrons.